The lowest BCUT2D eigenvalue weighted by atomic mass is 10.1. The van der Waals surface area contributed by atoms with Crippen molar-refractivity contribution in [2.24, 2.45) is 0 Å². The molecule has 1 aliphatic rings. The quantitative estimate of drug-likeness (QED) is 0.636. The molecule has 4 heterocycles. The fraction of sp³-hybridized carbons (Fsp3) is 0.389. The summed E-state index contributed by atoms with van der Waals surface area (Å²) in [4.78, 5) is 17.8. The summed E-state index contributed by atoms with van der Waals surface area (Å²) in [6, 6.07) is 3.62. The Hall–Kier alpha value is -1.92. The molecule has 1 saturated heterocycles. The Bertz CT molecular complexity index is 888. The minimum absolute atomic E-state index is 0.196. The molecule has 0 aliphatic carbocycles. The predicted octanol–water partition coefficient (Wildman–Crippen LogP) is 4.40. The van der Waals surface area contributed by atoms with E-state index in [0.717, 1.165) is 42.3 Å². The lowest BCUT2D eigenvalue weighted by Crippen LogP contribution is -2.38. The second-order valence-electron chi connectivity index (χ2n) is 6.28. The average molecular weight is 375 g/mol. The van der Waals surface area contributed by atoms with Crippen molar-refractivity contribution in [3.8, 4) is 5.75 Å². The van der Waals surface area contributed by atoms with Crippen LogP contribution < -0.4 is 9.64 Å². The first-order valence-corrected chi connectivity index (χ1v) is 9.55. The maximum atomic E-state index is 6.03. The molecule has 0 amide bonds. The molecule has 0 radical (unpaired) electrons. The van der Waals surface area contributed by atoms with Crippen LogP contribution in [0.2, 0.25) is 5.15 Å². The number of piperidine rings is 1. The van der Waals surface area contributed by atoms with Crippen molar-refractivity contribution in [1.82, 2.24) is 15.0 Å². The van der Waals surface area contributed by atoms with Gasteiger partial charge < -0.3 is 9.64 Å². The second-order valence-corrected chi connectivity index (χ2v) is 7.87. The summed E-state index contributed by atoms with van der Waals surface area (Å²) in [5.74, 6) is 1.83. The second kappa shape index (κ2) is 6.77. The lowest BCUT2D eigenvalue weighted by molar-refractivity contribution is 0.170. The van der Waals surface area contributed by atoms with Crippen molar-refractivity contribution in [3.05, 3.63) is 40.3 Å². The first kappa shape index (κ1) is 16.5. The summed E-state index contributed by atoms with van der Waals surface area (Å²) in [5, 5.41) is 1.68. The van der Waals surface area contributed by atoms with Gasteiger partial charge in [0.15, 0.2) is 0 Å². The number of ether oxygens (including phenoxy) is 1. The molecular weight excluding hydrogens is 356 g/mol. The largest absolute Gasteiger partial charge is 0.489 e. The first-order valence-electron chi connectivity index (χ1n) is 8.35. The van der Waals surface area contributed by atoms with Gasteiger partial charge in [-0.1, -0.05) is 11.6 Å². The zero-order chi connectivity index (χ0) is 17.4. The fourth-order valence-corrected chi connectivity index (χ4v) is 4.32. The lowest BCUT2D eigenvalue weighted by Gasteiger charge is -2.33. The maximum absolute atomic E-state index is 6.03. The molecule has 0 unspecified atom stereocenters. The summed E-state index contributed by atoms with van der Waals surface area (Å²) >= 11 is 7.56. The Morgan fingerprint density at radius 2 is 1.96 bits per heavy atom. The van der Waals surface area contributed by atoms with Crippen molar-refractivity contribution in [2.45, 2.75) is 32.8 Å². The van der Waals surface area contributed by atoms with Gasteiger partial charge >= 0.3 is 0 Å². The van der Waals surface area contributed by atoms with Crippen LogP contribution in [0.15, 0.2) is 24.7 Å². The van der Waals surface area contributed by atoms with E-state index in [1.165, 1.54) is 15.8 Å². The molecule has 25 heavy (non-hydrogen) atoms. The summed E-state index contributed by atoms with van der Waals surface area (Å²) in [6.07, 6.45) is 5.46. The van der Waals surface area contributed by atoms with E-state index in [9.17, 15) is 0 Å². The van der Waals surface area contributed by atoms with E-state index >= 15 is 0 Å². The molecule has 3 aromatic rings. The molecule has 0 bridgehead atoms. The molecule has 7 heteroatoms. The third-order valence-corrected chi connectivity index (χ3v) is 6.03. The Balaban J connectivity index is 1.48. The Morgan fingerprint density at radius 3 is 2.68 bits per heavy atom. The molecule has 0 N–H and O–H groups in total. The van der Waals surface area contributed by atoms with Gasteiger partial charge in [0, 0.05) is 30.8 Å². The van der Waals surface area contributed by atoms with Gasteiger partial charge in [0.25, 0.3) is 0 Å². The molecule has 0 aromatic carbocycles. The van der Waals surface area contributed by atoms with Crippen LogP contribution >= 0.6 is 22.9 Å². The average Bonchev–Trinajstić information content (AvgIpc) is 2.92. The van der Waals surface area contributed by atoms with Crippen LogP contribution in [0.5, 0.6) is 5.75 Å². The zero-order valence-electron chi connectivity index (χ0n) is 14.2. The minimum Gasteiger partial charge on any atom is -0.489 e. The topological polar surface area (TPSA) is 51.1 Å². The van der Waals surface area contributed by atoms with Crippen LogP contribution in [0.3, 0.4) is 0 Å². The molecule has 0 atom stereocenters. The minimum atomic E-state index is 0.196. The van der Waals surface area contributed by atoms with Gasteiger partial charge in [0.05, 0.1) is 11.6 Å². The van der Waals surface area contributed by atoms with E-state index in [4.69, 9.17) is 16.3 Å². The van der Waals surface area contributed by atoms with Gasteiger partial charge in [0.1, 0.15) is 34.0 Å². The van der Waals surface area contributed by atoms with E-state index in [1.54, 1.807) is 29.9 Å². The van der Waals surface area contributed by atoms with Gasteiger partial charge in [-0.15, -0.1) is 11.3 Å². The van der Waals surface area contributed by atoms with Gasteiger partial charge in [-0.3, -0.25) is 0 Å². The fourth-order valence-electron chi connectivity index (χ4n) is 3.21. The number of aromatic nitrogens is 3. The highest BCUT2D eigenvalue weighted by Gasteiger charge is 2.24. The Kier molecular flexibility index (Phi) is 4.48. The van der Waals surface area contributed by atoms with Gasteiger partial charge in [-0.25, -0.2) is 15.0 Å². The van der Waals surface area contributed by atoms with Gasteiger partial charge in [-0.2, -0.15) is 0 Å². The number of fused-ring (bicyclic) bond motifs is 1. The van der Waals surface area contributed by atoms with Crippen LogP contribution in [0.1, 0.15) is 23.3 Å². The standard InChI is InChI=1S/C18H19ClN4OS/c1-11-12(2)25-18-16(11)17(21-10-22-18)23-7-5-13(6-8-23)24-14-3-4-15(19)20-9-14/h3-4,9-10,13H,5-8H2,1-2H3. The molecular formula is C18H19ClN4OS. The van der Waals surface area contributed by atoms with Crippen LogP contribution in [0, 0.1) is 13.8 Å². The van der Waals surface area contributed by atoms with Crippen LogP contribution in [0.25, 0.3) is 10.2 Å². The number of anilines is 1. The van der Waals surface area contributed by atoms with E-state index in [-0.39, 0.29) is 6.10 Å². The summed E-state index contributed by atoms with van der Waals surface area (Å²) in [5.41, 5.74) is 1.29. The molecule has 0 spiro atoms. The maximum Gasteiger partial charge on any atom is 0.141 e. The van der Waals surface area contributed by atoms with E-state index in [0.29, 0.717) is 5.15 Å². The third-order valence-electron chi connectivity index (χ3n) is 4.69. The Morgan fingerprint density at radius 1 is 1.16 bits per heavy atom. The van der Waals surface area contributed by atoms with Gasteiger partial charge in [0.2, 0.25) is 0 Å². The van der Waals surface area contributed by atoms with Crippen LogP contribution in [-0.2, 0) is 0 Å². The van der Waals surface area contributed by atoms with Crippen LogP contribution in [-0.4, -0.2) is 34.1 Å². The monoisotopic (exact) mass is 374 g/mol. The summed E-state index contributed by atoms with van der Waals surface area (Å²) < 4.78 is 6.03. The number of hydrogen-bond acceptors (Lipinski definition) is 6. The molecule has 0 saturated carbocycles. The van der Waals surface area contributed by atoms with Crippen LogP contribution in [0.4, 0.5) is 5.82 Å². The molecule has 3 aromatic heterocycles. The van der Waals surface area contributed by atoms with Crippen molar-refractivity contribution >= 4 is 39.0 Å². The molecule has 5 nitrogen and oxygen atoms in total. The van der Waals surface area contributed by atoms with E-state index < -0.39 is 0 Å². The number of rotatable bonds is 3. The number of aryl methyl sites for hydroxylation is 2. The Labute approximate surface area is 155 Å². The van der Waals surface area contributed by atoms with E-state index in [2.05, 4.69) is 33.7 Å². The highest BCUT2D eigenvalue weighted by molar-refractivity contribution is 7.18. The molecule has 1 aliphatic heterocycles. The predicted molar refractivity (Wildman–Crippen MR) is 102 cm³/mol. The summed E-state index contributed by atoms with van der Waals surface area (Å²) in [7, 11) is 0. The van der Waals surface area contributed by atoms with Crippen molar-refractivity contribution in [2.75, 3.05) is 18.0 Å². The molecule has 130 valence electrons. The smallest absolute Gasteiger partial charge is 0.141 e. The highest BCUT2D eigenvalue weighted by atomic mass is 35.5. The third kappa shape index (κ3) is 3.28. The van der Waals surface area contributed by atoms with Crippen molar-refractivity contribution in [1.29, 1.82) is 0 Å². The number of thiophene rings is 1. The molecule has 4 rings (SSSR count). The molecule has 1 fully saturated rings. The summed E-state index contributed by atoms with van der Waals surface area (Å²) in [6.45, 7) is 6.15. The number of halogens is 1. The van der Waals surface area contributed by atoms with Gasteiger partial charge in [-0.05, 0) is 31.5 Å². The van der Waals surface area contributed by atoms with E-state index in [1.807, 2.05) is 6.07 Å². The SMILES string of the molecule is Cc1sc2ncnc(N3CCC(Oc4ccc(Cl)nc4)CC3)c2c1C. The normalized spacial score (nSPS) is 15.7. The number of nitrogens with zero attached hydrogens (tertiary/aromatic N) is 4. The highest BCUT2D eigenvalue weighted by Crippen LogP contribution is 2.35. The zero-order valence-corrected chi connectivity index (χ0v) is 15.8. The van der Waals surface area contributed by atoms with Crippen molar-refractivity contribution in [3.63, 3.8) is 0 Å². The first-order chi connectivity index (χ1) is 12.1. The van der Waals surface area contributed by atoms with Crippen molar-refractivity contribution < 1.29 is 4.74 Å². The number of pyridine rings is 1. The number of hydrogen-bond donors (Lipinski definition) is 0.